The lowest BCUT2D eigenvalue weighted by molar-refractivity contribution is -0.907. The topological polar surface area (TPSA) is 75.8 Å². The van der Waals surface area contributed by atoms with E-state index in [-0.39, 0.29) is 11.9 Å². The number of nitrogens with one attached hydrogen (secondary N) is 2. The average molecular weight is 352 g/mol. The number of benzene rings is 2. The Kier molecular flexibility index (Phi) is 5.40. The Morgan fingerprint density at radius 1 is 1.19 bits per heavy atom. The highest BCUT2D eigenvalue weighted by Gasteiger charge is 2.23. The minimum absolute atomic E-state index is 0.0650. The summed E-state index contributed by atoms with van der Waals surface area (Å²) in [6.45, 7) is 3.72. The molecule has 2 aromatic carbocycles. The second kappa shape index (κ2) is 7.89. The van der Waals surface area contributed by atoms with E-state index in [4.69, 9.17) is 14.7 Å². The number of nitrogens with zero attached hydrogens (tertiary/aromatic N) is 1. The van der Waals surface area contributed by atoms with Crippen molar-refractivity contribution in [2.45, 2.75) is 19.5 Å². The zero-order valence-corrected chi connectivity index (χ0v) is 14.9. The van der Waals surface area contributed by atoms with Crippen LogP contribution in [0.15, 0.2) is 42.5 Å². The fraction of sp³-hybridized carbons (Fsp3) is 0.300. The van der Waals surface area contributed by atoms with Crippen molar-refractivity contribution in [2.75, 3.05) is 25.6 Å². The number of ether oxygens (including phenoxy) is 2. The number of likely N-dealkylation sites (N-methyl/N-ethyl adjacent to an activating group) is 1. The van der Waals surface area contributed by atoms with Gasteiger partial charge in [-0.3, -0.25) is 4.79 Å². The third kappa shape index (κ3) is 4.13. The monoisotopic (exact) mass is 352 g/mol. The summed E-state index contributed by atoms with van der Waals surface area (Å²) >= 11 is 0. The van der Waals surface area contributed by atoms with Gasteiger partial charge in [-0.25, -0.2) is 0 Å². The van der Waals surface area contributed by atoms with E-state index in [0.717, 1.165) is 22.0 Å². The van der Waals surface area contributed by atoms with E-state index in [1.807, 2.05) is 32.2 Å². The first-order valence-electron chi connectivity index (χ1n) is 8.58. The molecule has 3 rings (SSSR count). The van der Waals surface area contributed by atoms with Crippen LogP contribution in [0.2, 0.25) is 0 Å². The van der Waals surface area contributed by atoms with E-state index in [2.05, 4.69) is 11.4 Å². The Bertz CT molecular complexity index is 827. The number of hydrogen-bond donors (Lipinski definition) is 2. The molecule has 0 saturated carbocycles. The average Bonchev–Trinajstić information content (AvgIpc) is 2.67. The van der Waals surface area contributed by atoms with Crippen molar-refractivity contribution in [3.05, 3.63) is 53.6 Å². The second-order valence-electron chi connectivity index (χ2n) is 6.40. The number of amides is 1. The summed E-state index contributed by atoms with van der Waals surface area (Å²) in [5.41, 5.74) is 2.34. The van der Waals surface area contributed by atoms with Crippen LogP contribution in [0.3, 0.4) is 0 Å². The maximum Gasteiger partial charge on any atom is 0.282 e. The molecule has 0 spiro atoms. The van der Waals surface area contributed by atoms with Crippen LogP contribution >= 0.6 is 0 Å². The summed E-state index contributed by atoms with van der Waals surface area (Å²) in [6.07, 6.45) is 0. The molecule has 1 aliphatic heterocycles. The minimum atomic E-state index is -0.237. The van der Waals surface area contributed by atoms with Gasteiger partial charge in [0.05, 0.1) is 18.7 Å². The molecule has 0 aliphatic carbocycles. The number of fused-ring (bicyclic) bond motifs is 1. The molecule has 0 saturated heterocycles. The van der Waals surface area contributed by atoms with E-state index in [9.17, 15) is 4.79 Å². The van der Waals surface area contributed by atoms with Crippen LogP contribution in [0.1, 0.15) is 18.1 Å². The summed E-state index contributed by atoms with van der Waals surface area (Å²) in [5, 5.41) is 11.7. The normalized spacial score (nSPS) is 14.8. The molecular formula is C20H22N3O3+. The zero-order valence-electron chi connectivity index (χ0n) is 14.9. The van der Waals surface area contributed by atoms with E-state index >= 15 is 0 Å². The van der Waals surface area contributed by atoms with E-state index < -0.39 is 0 Å². The Morgan fingerprint density at radius 2 is 1.88 bits per heavy atom. The zero-order chi connectivity index (χ0) is 18.5. The molecule has 2 aromatic rings. The van der Waals surface area contributed by atoms with Crippen molar-refractivity contribution in [3.63, 3.8) is 0 Å². The minimum Gasteiger partial charge on any atom is -0.486 e. The van der Waals surface area contributed by atoms with Crippen LogP contribution in [0.4, 0.5) is 5.69 Å². The predicted molar refractivity (Wildman–Crippen MR) is 97.3 cm³/mol. The van der Waals surface area contributed by atoms with Gasteiger partial charge in [0.25, 0.3) is 5.91 Å². The molecular weight excluding hydrogens is 330 g/mol. The largest absolute Gasteiger partial charge is 0.486 e. The van der Waals surface area contributed by atoms with Gasteiger partial charge in [-0.15, -0.1) is 0 Å². The van der Waals surface area contributed by atoms with Crippen molar-refractivity contribution >= 4 is 11.6 Å². The van der Waals surface area contributed by atoms with Crippen molar-refractivity contribution in [2.24, 2.45) is 0 Å². The lowest BCUT2D eigenvalue weighted by Gasteiger charge is -2.23. The number of hydrogen-bond acceptors (Lipinski definition) is 4. The lowest BCUT2D eigenvalue weighted by Crippen LogP contribution is -3.12. The summed E-state index contributed by atoms with van der Waals surface area (Å²) in [5.74, 6) is 1.46. The molecule has 0 aromatic heterocycles. The molecule has 1 unspecified atom stereocenters. The fourth-order valence-corrected chi connectivity index (χ4v) is 2.78. The van der Waals surface area contributed by atoms with Gasteiger partial charge in [-0.05, 0) is 49.4 Å². The Hall–Kier alpha value is -3.04. The fourth-order valence-electron chi connectivity index (χ4n) is 2.78. The highest BCUT2D eigenvalue weighted by Crippen LogP contribution is 2.30. The third-order valence-electron chi connectivity index (χ3n) is 4.50. The Balaban J connectivity index is 1.60. The molecule has 6 heteroatoms. The van der Waals surface area contributed by atoms with Crippen LogP contribution in [0.25, 0.3) is 0 Å². The summed E-state index contributed by atoms with van der Waals surface area (Å²) < 4.78 is 11.2. The van der Waals surface area contributed by atoms with Gasteiger partial charge in [0, 0.05) is 11.3 Å². The first kappa shape index (κ1) is 17.8. The van der Waals surface area contributed by atoms with Gasteiger partial charge in [-0.1, -0.05) is 0 Å². The van der Waals surface area contributed by atoms with Gasteiger partial charge in [0.1, 0.15) is 19.8 Å². The predicted octanol–water partition coefficient (Wildman–Crippen LogP) is 1.37. The molecule has 2 atom stereocenters. The molecule has 0 bridgehead atoms. The standard InChI is InChI=1S/C20H21N3O3/c1-14(20(24)22-17-6-3-15(12-21)4-7-17)23(2)13-16-5-8-18-19(11-16)26-10-9-25-18/h3-8,11,14H,9-10,13H2,1-2H3,(H,22,24)/p+1/t14-/m0/s1. The van der Waals surface area contributed by atoms with Gasteiger partial charge in [-0.2, -0.15) is 5.26 Å². The quantitative estimate of drug-likeness (QED) is 0.852. The van der Waals surface area contributed by atoms with E-state index in [1.54, 1.807) is 24.3 Å². The summed E-state index contributed by atoms with van der Waals surface area (Å²) in [7, 11) is 1.99. The Labute approximate surface area is 152 Å². The van der Waals surface area contributed by atoms with Crippen LogP contribution in [-0.4, -0.2) is 32.2 Å². The number of anilines is 1. The van der Waals surface area contributed by atoms with Gasteiger partial charge in [0.15, 0.2) is 17.5 Å². The molecule has 1 heterocycles. The number of carbonyl (C=O) groups excluding carboxylic acids is 1. The van der Waals surface area contributed by atoms with Crippen LogP contribution in [-0.2, 0) is 11.3 Å². The number of rotatable bonds is 5. The van der Waals surface area contributed by atoms with Crippen LogP contribution in [0, 0.1) is 11.3 Å². The molecule has 1 aliphatic rings. The van der Waals surface area contributed by atoms with Crippen molar-refractivity contribution in [3.8, 4) is 17.6 Å². The van der Waals surface area contributed by atoms with E-state index in [1.165, 1.54) is 0 Å². The first-order chi connectivity index (χ1) is 12.6. The lowest BCUT2D eigenvalue weighted by atomic mass is 10.1. The smallest absolute Gasteiger partial charge is 0.282 e. The van der Waals surface area contributed by atoms with E-state index in [0.29, 0.717) is 31.0 Å². The van der Waals surface area contributed by atoms with Crippen LogP contribution < -0.4 is 19.7 Å². The van der Waals surface area contributed by atoms with Crippen LogP contribution in [0.5, 0.6) is 11.5 Å². The van der Waals surface area contributed by atoms with Crippen molar-refractivity contribution < 1.29 is 19.2 Å². The highest BCUT2D eigenvalue weighted by atomic mass is 16.6. The highest BCUT2D eigenvalue weighted by molar-refractivity contribution is 5.93. The number of carbonyl (C=O) groups is 1. The van der Waals surface area contributed by atoms with Gasteiger partial charge < -0.3 is 19.7 Å². The molecule has 134 valence electrons. The van der Waals surface area contributed by atoms with Crippen molar-refractivity contribution in [1.82, 2.24) is 0 Å². The second-order valence-corrected chi connectivity index (χ2v) is 6.40. The Morgan fingerprint density at radius 3 is 2.58 bits per heavy atom. The molecule has 0 fully saturated rings. The third-order valence-corrected chi connectivity index (χ3v) is 4.50. The molecule has 0 radical (unpaired) electrons. The number of nitriles is 1. The maximum absolute atomic E-state index is 12.5. The van der Waals surface area contributed by atoms with Gasteiger partial charge >= 0.3 is 0 Å². The SMILES string of the molecule is C[C@@H](C(=O)Nc1ccc(C#N)cc1)[NH+](C)Cc1ccc2c(c1)OCCO2. The molecule has 26 heavy (non-hydrogen) atoms. The molecule has 1 amide bonds. The van der Waals surface area contributed by atoms with Crippen molar-refractivity contribution in [1.29, 1.82) is 5.26 Å². The summed E-state index contributed by atoms with van der Waals surface area (Å²) in [6, 6.07) is 14.6. The van der Waals surface area contributed by atoms with Gasteiger partial charge in [0.2, 0.25) is 0 Å². The maximum atomic E-state index is 12.5. The first-order valence-corrected chi connectivity index (χ1v) is 8.58. The molecule has 2 N–H and O–H groups in total. The number of quaternary nitrogens is 1. The summed E-state index contributed by atoms with van der Waals surface area (Å²) in [4.78, 5) is 13.6. The molecule has 6 nitrogen and oxygen atoms in total.